The van der Waals surface area contributed by atoms with Crippen LogP contribution in [0.2, 0.25) is 0 Å². The van der Waals surface area contributed by atoms with E-state index < -0.39 is 179 Å². The lowest BCUT2D eigenvalue weighted by Crippen LogP contribution is -2.68. The molecule has 0 saturated carbocycles. The van der Waals surface area contributed by atoms with E-state index >= 15 is 0 Å². The highest BCUT2D eigenvalue weighted by molar-refractivity contribution is 5.73. The second-order valence-electron chi connectivity index (χ2n) is 25.3. The number of aliphatic hydroxyl groups is 5. The van der Waals surface area contributed by atoms with Gasteiger partial charge in [-0.3, -0.25) is 0 Å². The Morgan fingerprint density at radius 1 is 0.387 bits per heavy atom. The minimum absolute atomic E-state index is 0.00440. The number of ether oxygens (including phenoxy) is 16. The van der Waals surface area contributed by atoms with E-state index in [4.69, 9.17) is 75.8 Å². The van der Waals surface area contributed by atoms with Crippen molar-refractivity contribution in [1.29, 1.82) is 0 Å². The third-order valence-corrected chi connectivity index (χ3v) is 18.5. The topological polar surface area (TPSA) is 449 Å². The lowest BCUT2D eigenvalue weighted by molar-refractivity contribution is -0.381. The maximum atomic E-state index is 14.1. The first-order valence-corrected chi connectivity index (χ1v) is 34.2. The highest BCUT2D eigenvalue weighted by Crippen LogP contribution is 2.41. The number of methoxy groups -OCH3 is 1. The van der Waals surface area contributed by atoms with Gasteiger partial charge in [0.15, 0.2) is 43.8 Å². The molecule has 6 aromatic carbocycles. The molecule has 0 radical (unpaired) electrons. The first-order valence-electron chi connectivity index (χ1n) is 34.2. The number of azide groups is 3. The van der Waals surface area contributed by atoms with Crippen LogP contribution < -0.4 is 0 Å². The van der Waals surface area contributed by atoms with Crippen molar-refractivity contribution in [3.05, 3.63) is 247 Å². The Morgan fingerprint density at radius 3 is 1.15 bits per heavy atom. The molecule has 33 nitrogen and oxygen atoms in total. The number of carboxylic acids is 1. The molecule has 0 aromatic heterocycles. The molecular formula is C73H83N9O24. The van der Waals surface area contributed by atoms with E-state index in [1.165, 1.54) is 7.11 Å². The third-order valence-electron chi connectivity index (χ3n) is 18.5. The minimum Gasteiger partial charge on any atom is -0.479 e. The third kappa shape index (κ3) is 19.6. The van der Waals surface area contributed by atoms with Gasteiger partial charge in [-0.15, -0.1) is 0 Å². The van der Waals surface area contributed by atoms with Gasteiger partial charge < -0.3 is 111 Å². The molecule has 0 aliphatic carbocycles. The summed E-state index contributed by atoms with van der Waals surface area (Å²) in [5.74, 6) is -1.67. The number of carboxylic acid groups (broad SMARTS) is 1. The van der Waals surface area contributed by atoms with Crippen molar-refractivity contribution in [2.45, 2.75) is 193 Å². The van der Waals surface area contributed by atoms with Crippen LogP contribution in [0.15, 0.2) is 197 Å². The second-order valence-corrected chi connectivity index (χ2v) is 25.3. The Bertz CT molecular complexity index is 3810. The summed E-state index contributed by atoms with van der Waals surface area (Å²) in [6, 6.07) is 48.6. The number of aliphatic carboxylic acids is 1. The largest absolute Gasteiger partial charge is 0.479 e. The van der Waals surface area contributed by atoms with Gasteiger partial charge in [0.1, 0.15) is 110 Å². The van der Waals surface area contributed by atoms with Crippen molar-refractivity contribution in [1.82, 2.24) is 0 Å². The molecular weight excluding hydrogens is 1390 g/mol. The summed E-state index contributed by atoms with van der Waals surface area (Å²) in [5, 5.41) is 82.0. The smallest absolute Gasteiger partial charge is 0.335 e. The maximum absolute atomic E-state index is 14.1. The number of carbonyl (C=O) groups is 2. The molecule has 5 aliphatic rings. The molecule has 0 bridgehead atoms. The van der Waals surface area contributed by atoms with Crippen molar-refractivity contribution < 1.29 is 116 Å². The SMILES string of the molecule is CO[C@H]1OC(CO)[C@@H](O[C@@H]2OC(C=O)[C@H](O[C@@H]3OC(CO)[C@@H](O[C@@H]4OC(C(=O)O)[C@@H](O[C@H]5OC(CO)[C@@H](OCc6ccccc6)[C@H](OCc6ccccc6)C5N=[N+]=[N-])[C@H](OCc5ccccc5)C4OCc4ccccc4)[C@H](O)C3N=[N+]=[N-])[C@@H](OCc3ccccc3)C2O)[C@H](OCc2ccccc2)C1N=[N+]=[N-]. The van der Waals surface area contributed by atoms with Gasteiger partial charge in [0.25, 0.3) is 0 Å². The van der Waals surface area contributed by atoms with Crippen LogP contribution in [0.25, 0.3) is 31.3 Å². The summed E-state index contributed by atoms with van der Waals surface area (Å²) in [5.41, 5.74) is 34.3. The predicted octanol–water partition coefficient (Wildman–Crippen LogP) is 6.33. The first kappa shape index (κ1) is 78.6. The highest BCUT2D eigenvalue weighted by atomic mass is 16.8. The summed E-state index contributed by atoms with van der Waals surface area (Å²) in [4.78, 5) is 36.8. The standard InChI is InChI=1S/C73H83N9O24/c1-91-69-53(78-81-75)62(94-38-44-24-12-4-13-25-44)59(50(34-85)98-69)104-72-56(88)63(95-39-45-26-14-5-15-27-45)60(51(35-86)101-72)103-70-52(77-80-74)55(87)57(48(32-83)99-70)102-73-67(97-41-47-30-18-7-19-31-47)64(96-40-46-28-16-6-17-29-46)65(66(106-73)68(89)90)105-71-54(79-82-76)61(93-37-43-22-10-3-11-23-43)58(49(33-84)100-71)92-36-42-20-8-2-9-21-42/h2-31,35,48-67,69-73,83-85,87-88H,32-34,36-41H2,1H3,(H,89,90)/t48?,49?,50?,51?,52?,53?,54?,55-,56?,57-,58-,59-,60+,61-,62-,63+,64+,65+,66?,67?,69+,70+,71-,72+,73-/m1/s1. The normalized spacial score (nSPS) is 33.0. The lowest BCUT2D eigenvalue weighted by Gasteiger charge is -2.51. The van der Waals surface area contributed by atoms with Crippen LogP contribution in [0.1, 0.15) is 33.4 Å². The van der Waals surface area contributed by atoms with Crippen LogP contribution in [0.5, 0.6) is 0 Å². The van der Waals surface area contributed by atoms with Crippen molar-refractivity contribution in [2.75, 3.05) is 26.9 Å². The number of aliphatic hydroxyl groups excluding tert-OH is 5. The molecule has 5 aliphatic heterocycles. The van der Waals surface area contributed by atoms with Crippen LogP contribution in [0.4, 0.5) is 0 Å². The van der Waals surface area contributed by atoms with Gasteiger partial charge in [-0.25, -0.2) is 4.79 Å². The molecule has 5 heterocycles. The summed E-state index contributed by atoms with van der Waals surface area (Å²) in [6.07, 6.45) is -36.3. The second kappa shape index (κ2) is 39.4. The van der Waals surface area contributed by atoms with E-state index in [2.05, 4.69) is 30.1 Å². The Morgan fingerprint density at radius 2 is 0.726 bits per heavy atom. The molecule has 33 heteroatoms. The molecule has 6 aromatic rings. The number of benzene rings is 6. The zero-order valence-corrected chi connectivity index (χ0v) is 57.3. The molecule has 0 spiro atoms. The monoisotopic (exact) mass is 1470 g/mol. The number of nitrogens with zero attached hydrogens (tertiary/aromatic N) is 9. The summed E-state index contributed by atoms with van der Waals surface area (Å²) in [6.45, 7) is -3.33. The minimum atomic E-state index is -2.15. The molecule has 5 fully saturated rings. The van der Waals surface area contributed by atoms with Crippen molar-refractivity contribution in [3.63, 3.8) is 0 Å². The summed E-state index contributed by atoms with van der Waals surface area (Å²) < 4.78 is 103. The Labute approximate surface area is 607 Å². The van der Waals surface area contributed by atoms with Gasteiger partial charge >= 0.3 is 5.97 Å². The van der Waals surface area contributed by atoms with E-state index in [-0.39, 0.29) is 39.6 Å². The maximum Gasteiger partial charge on any atom is 0.335 e. The van der Waals surface area contributed by atoms with E-state index in [0.717, 1.165) is 5.56 Å². The molecule has 5 saturated heterocycles. The van der Waals surface area contributed by atoms with E-state index in [1.807, 2.05) is 48.5 Å². The number of hydrogen-bond donors (Lipinski definition) is 6. The molecule has 0 amide bonds. The van der Waals surface area contributed by atoms with Crippen LogP contribution in [0.3, 0.4) is 0 Å². The fraction of sp³-hybridized carbons (Fsp3) is 0.479. The summed E-state index contributed by atoms with van der Waals surface area (Å²) in [7, 11) is 1.29. The van der Waals surface area contributed by atoms with Gasteiger partial charge in [0, 0.05) is 21.8 Å². The number of carbonyl (C=O) groups excluding carboxylic acids is 1. The molecule has 564 valence electrons. The number of rotatable bonds is 35. The van der Waals surface area contributed by atoms with E-state index in [0.29, 0.717) is 34.1 Å². The fourth-order valence-corrected chi connectivity index (χ4v) is 13.3. The Balaban J connectivity index is 0.906. The molecule has 106 heavy (non-hydrogen) atoms. The molecule has 10 unspecified atom stereocenters. The average Bonchev–Trinajstić information content (AvgIpc) is 0.764. The van der Waals surface area contributed by atoms with Crippen LogP contribution in [-0.4, -0.2) is 223 Å². The molecule has 6 N–H and O–H groups in total. The van der Waals surface area contributed by atoms with Gasteiger partial charge in [-0.05, 0) is 50.0 Å². The van der Waals surface area contributed by atoms with Gasteiger partial charge in [0.05, 0.1) is 65.6 Å². The lowest BCUT2D eigenvalue weighted by atomic mass is 9.94. The fourth-order valence-electron chi connectivity index (χ4n) is 13.3. The predicted molar refractivity (Wildman–Crippen MR) is 366 cm³/mol. The van der Waals surface area contributed by atoms with Gasteiger partial charge in [-0.1, -0.05) is 197 Å². The number of hydrogen-bond acceptors (Lipinski definition) is 26. The molecule has 11 rings (SSSR count). The van der Waals surface area contributed by atoms with E-state index in [9.17, 15) is 56.8 Å². The Kier molecular flexibility index (Phi) is 29.2. The van der Waals surface area contributed by atoms with Gasteiger partial charge in [-0.2, -0.15) is 0 Å². The van der Waals surface area contributed by atoms with Crippen molar-refractivity contribution in [3.8, 4) is 0 Å². The average molecular weight is 1470 g/mol. The van der Waals surface area contributed by atoms with Crippen LogP contribution in [-0.2, 0) is 125 Å². The Hall–Kier alpha value is -8.45. The van der Waals surface area contributed by atoms with Gasteiger partial charge in [0.2, 0.25) is 0 Å². The van der Waals surface area contributed by atoms with Crippen LogP contribution >= 0.6 is 0 Å². The highest BCUT2D eigenvalue weighted by Gasteiger charge is 2.60. The summed E-state index contributed by atoms with van der Waals surface area (Å²) >= 11 is 0. The molecule has 25 atom stereocenters. The van der Waals surface area contributed by atoms with Crippen molar-refractivity contribution in [2.24, 2.45) is 15.3 Å². The quantitative estimate of drug-likeness (QED) is 0.0109. The zero-order chi connectivity index (χ0) is 74.3. The van der Waals surface area contributed by atoms with Crippen LogP contribution in [0, 0.1) is 0 Å². The zero-order valence-electron chi connectivity index (χ0n) is 57.3. The number of aldehydes is 1. The van der Waals surface area contributed by atoms with E-state index in [1.54, 1.807) is 133 Å². The van der Waals surface area contributed by atoms with Crippen molar-refractivity contribution >= 4 is 12.3 Å². The first-order chi connectivity index (χ1) is 51.9.